The number of nitrogens with one attached hydrogen (secondary N) is 2. The summed E-state index contributed by atoms with van der Waals surface area (Å²) in [6.07, 6.45) is 1.75. The molecule has 0 bridgehead atoms. The lowest BCUT2D eigenvalue weighted by Gasteiger charge is -2.17. The third kappa shape index (κ3) is 5.29. The molecular formula is C21H25N7O4S. The lowest BCUT2D eigenvalue weighted by Crippen LogP contribution is -2.26. The predicted molar refractivity (Wildman–Crippen MR) is 124 cm³/mol. The summed E-state index contributed by atoms with van der Waals surface area (Å²) in [6, 6.07) is 9.21. The average Bonchev–Trinajstić information content (AvgIpc) is 3.49. The van der Waals surface area contributed by atoms with Crippen LogP contribution in [0.5, 0.6) is 11.5 Å². The Balaban J connectivity index is 1.36. The molecule has 3 heterocycles. The Labute approximate surface area is 195 Å². The maximum absolute atomic E-state index is 12.8. The highest BCUT2D eigenvalue weighted by Gasteiger charge is 2.26. The van der Waals surface area contributed by atoms with E-state index in [9.17, 15) is 4.79 Å². The van der Waals surface area contributed by atoms with Gasteiger partial charge in [0.2, 0.25) is 10.3 Å². The van der Waals surface area contributed by atoms with Gasteiger partial charge in [0.1, 0.15) is 0 Å². The van der Waals surface area contributed by atoms with Gasteiger partial charge in [-0.25, -0.2) is 0 Å². The van der Waals surface area contributed by atoms with Crippen LogP contribution in [0.3, 0.4) is 0 Å². The minimum absolute atomic E-state index is 0.196. The van der Waals surface area contributed by atoms with E-state index in [1.807, 2.05) is 12.1 Å². The van der Waals surface area contributed by atoms with Crippen LogP contribution in [-0.4, -0.2) is 66.8 Å². The van der Waals surface area contributed by atoms with Crippen molar-refractivity contribution in [1.82, 2.24) is 20.4 Å². The van der Waals surface area contributed by atoms with Gasteiger partial charge in [-0.05, 0) is 36.2 Å². The minimum Gasteiger partial charge on any atom is -0.493 e. The molecule has 0 radical (unpaired) electrons. The second-order valence-electron chi connectivity index (χ2n) is 7.29. The fraction of sp³-hybridized carbons (Fsp3) is 0.381. The van der Waals surface area contributed by atoms with E-state index in [1.165, 1.54) is 25.6 Å². The minimum atomic E-state index is -0.847. The SMILES string of the molecule is COc1ccc([C@H](OC)C(=O)Nc2nnc(N[C@H]3CCN(c4cccnn4)C3)s2)cc1OC. The third-order valence-electron chi connectivity index (χ3n) is 5.24. The molecule has 11 nitrogen and oxygen atoms in total. The second-order valence-corrected chi connectivity index (χ2v) is 8.27. The zero-order valence-corrected chi connectivity index (χ0v) is 19.3. The summed E-state index contributed by atoms with van der Waals surface area (Å²) < 4.78 is 16.0. The van der Waals surface area contributed by atoms with Gasteiger partial charge in [0.15, 0.2) is 23.4 Å². The van der Waals surface area contributed by atoms with Crippen molar-refractivity contribution in [2.75, 3.05) is 50.0 Å². The monoisotopic (exact) mass is 471 g/mol. The van der Waals surface area contributed by atoms with E-state index in [4.69, 9.17) is 14.2 Å². The van der Waals surface area contributed by atoms with Crippen molar-refractivity contribution >= 4 is 33.3 Å². The molecule has 12 heteroatoms. The van der Waals surface area contributed by atoms with Crippen LogP contribution in [-0.2, 0) is 9.53 Å². The molecule has 0 unspecified atom stereocenters. The van der Waals surface area contributed by atoms with Crippen LogP contribution in [0.2, 0.25) is 0 Å². The van der Waals surface area contributed by atoms with Gasteiger partial charge in [-0.1, -0.05) is 17.4 Å². The zero-order valence-electron chi connectivity index (χ0n) is 18.5. The standard InChI is InChI=1S/C21H25N7O4S/c1-30-15-7-6-13(11-16(15)31-2)18(32-3)19(29)24-21-27-26-20(33-21)23-14-8-10-28(12-14)17-5-4-9-22-25-17/h4-7,9,11,14,18H,8,10,12H2,1-3H3,(H,23,26)(H,24,27,29)/t14-,18-/m0/s1. The molecule has 2 atom stereocenters. The zero-order chi connectivity index (χ0) is 23.2. The number of aromatic nitrogens is 4. The van der Waals surface area contributed by atoms with Crippen LogP contribution in [0.1, 0.15) is 18.1 Å². The number of benzene rings is 1. The number of rotatable bonds is 9. The summed E-state index contributed by atoms with van der Waals surface area (Å²) >= 11 is 1.27. The molecule has 0 spiro atoms. The number of carbonyl (C=O) groups excluding carboxylic acids is 1. The fourth-order valence-corrected chi connectivity index (χ4v) is 4.36. The molecule has 3 aromatic rings. The van der Waals surface area contributed by atoms with Gasteiger partial charge < -0.3 is 24.4 Å². The molecule has 2 N–H and O–H groups in total. The van der Waals surface area contributed by atoms with Crippen molar-refractivity contribution in [1.29, 1.82) is 0 Å². The number of carbonyl (C=O) groups is 1. The number of ether oxygens (including phenoxy) is 3. The highest BCUT2D eigenvalue weighted by molar-refractivity contribution is 7.19. The molecule has 1 aromatic carbocycles. The van der Waals surface area contributed by atoms with E-state index in [0.717, 1.165) is 25.3 Å². The molecule has 0 aliphatic carbocycles. The Hall–Kier alpha value is -3.51. The summed E-state index contributed by atoms with van der Waals surface area (Å²) in [5, 5.41) is 23.5. The van der Waals surface area contributed by atoms with Crippen molar-refractivity contribution in [2.45, 2.75) is 18.6 Å². The maximum Gasteiger partial charge on any atom is 0.259 e. The lowest BCUT2D eigenvalue weighted by atomic mass is 10.1. The van der Waals surface area contributed by atoms with Crippen LogP contribution >= 0.6 is 11.3 Å². The maximum atomic E-state index is 12.8. The van der Waals surface area contributed by atoms with Crippen molar-refractivity contribution in [3.05, 3.63) is 42.1 Å². The Morgan fingerprint density at radius 3 is 2.67 bits per heavy atom. The smallest absolute Gasteiger partial charge is 0.259 e. The van der Waals surface area contributed by atoms with Crippen molar-refractivity contribution in [3.63, 3.8) is 0 Å². The number of methoxy groups -OCH3 is 3. The predicted octanol–water partition coefficient (Wildman–Crippen LogP) is 2.36. The number of hydrogen-bond acceptors (Lipinski definition) is 11. The summed E-state index contributed by atoms with van der Waals surface area (Å²) in [6.45, 7) is 1.66. The summed E-state index contributed by atoms with van der Waals surface area (Å²) in [7, 11) is 4.56. The summed E-state index contributed by atoms with van der Waals surface area (Å²) in [4.78, 5) is 15.0. The van der Waals surface area contributed by atoms with Crippen molar-refractivity contribution in [3.8, 4) is 11.5 Å². The van der Waals surface area contributed by atoms with E-state index < -0.39 is 6.10 Å². The Bertz CT molecular complexity index is 1080. The Morgan fingerprint density at radius 2 is 1.94 bits per heavy atom. The molecule has 33 heavy (non-hydrogen) atoms. The van der Waals surface area contributed by atoms with Gasteiger partial charge in [-0.2, -0.15) is 5.10 Å². The second kappa shape index (κ2) is 10.4. The molecule has 1 aliphatic rings. The van der Waals surface area contributed by atoms with Crippen LogP contribution in [0, 0.1) is 0 Å². The van der Waals surface area contributed by atoms with E-state index in [-0.39, 0.29) is 11.9 Å². The van der Waals surface area contributed by atoms with Gasteiger partial charge >= 0.3 is 0 Å². The first kappa shape index (κ1) is 22.7. The first-order chi connectivity index (χ1) is 16.1. The summed E-state index contributed by atoms with van der Waals surface area (Å²) in [5.74, 6) is 1.58. The summed E-state index contributed by atoms with van der Waals surface area (Å²) in [5.41, 5.74) is 0.630. The Kier molecular flexibility index (Phi) is 7.15. The number of amides is 1. The number of anilines is 3. The van der Waals surface area contributed by atoms with Crippen molar-refractivity contribution < 1.29 is 19.0 Å². The average molecular weight is 472 g/mol. The third-order valence-corrected chi connectivity index (χ3v) is 6.01. The number of nitrogens with zero attached hydrogens (tertiary/aromatic N) is 5. The van der Waals surface area contributed by atoms with Gasteiger partial charge in [0.05, 0.1) is 14.2 Å². The van der Waals surface area contributed by atoms with E-state index >= 15 is 0 Å². The van der Waals surface area contributed by atoms with Crippen LogP contribution in [0.4, 0.5) is 16.1 Å². The van der Waals surface area contributed by atoms with E-state index in [1.54, 1.807) is 31.5 Å². The highest BCUT2D eigenvalue weighted by atomic mass is 32.1. The lowest BCUT2D eigenvalue weighted by molar-refractivity contribution is -0.126. The molecule has 0 saturated carbocycles. The largest absolute Gasteiger partial charge is 0.493 e. The molecule has 2 aromatic heterocycles. The fourth-order valence-electron chi connectivity index (χ4n) is 3.64. The normalized spacial score (nSPS) is 16.3. The molecule has 1 aliphatic heterocycles. The molecule has 1 saturated heterocycles. The quantitative estimate of drug-likeness (QED) is 0.481. The molecule has 1 amide bonds. The van der Waals surface area contributed by atoms with Crippen LogP contribution in [0.25, 0.3) is 0 Å². The molecule has 174 valence electrons. The van der Waals surface area contributed by atoms with Gasteiger partial charge in [0.25, 0.3) is 5.91 Å². The first-order valence-corrected chi connectivity index (χ1v) is 11.1. The van der Waals surface area contributed by atoms with Crippen LogP contribution in [0.15, 0.2) is 36.5 Å². The number of hydrogen-bond donors (Lipinski definition) is 2. The molecule has 1 fully saturated rings. The van der Waals surface area contributed by atoms with Gasteiger partial charge in [-0.3, -0.25) is 10.1 Å². The first-order valence-electron chi connectivity index (χ1n) is 10.3. The Morgan fingerprint density at radius 1 is 1.12 bits per heavy atom. The van der Waals surface area contributed by atoms with Gasteiger partial charge in [-0.15, -0.1) is 15.3 Å². The molecule has 4 rings (SSSR count). The topological polar surface area (TPSA) is 124 Å². The van der Waals surface area contributed by atoms with Crippen LogP contribution < -0.4 is 25.0 Å². The van der Waals surface area contributed by atoms with E-state index in [0.29, 0.717) is 27.3 Å². The van der Waals surface area contributed by atoms with E-state index in [2.05, 4.69) is 35.9 Å². The van der Waals surface area contributed by atoms with Crippen molar-refractivity contribution in [2.24, 2.45) is 0 Å². The van der Waals surface area contributed by atoms with Gasteiger partial charge in [0, 0.05) is 32.4 Å². The highest BCUT2D eigenvalue weighted by Crippen LogP contribution is 2.32. The molecular weight excluding hydrogens is 446 g/mol.